The molecule has 0 aliphatic carbocycles. The summed E-state index contributed by atoms with van der Waals surface area (Å²) in [5, 5.41) is 5.58. The lowest BCUT2D eigenvalue weighted by atomic mass is 10.1. The zero-order valence-electron chi connectivity index (χ0n) is 13.7. The monoisotopic (exact) mass is 328 g/mol. The third kappa shape index (κ3) is 2.70. The molecule has 0 radical (unpaired) electrons. The summed E-state index contributed by atoms with van der Waals surface area (Å²) < 4.78 is 1.92. The molecule has 0 saturated heterocycles. The number of carbonyl (C=O) groups is 1. The average molecular weight is 328 g/mol. The first-order chi connectivity index (χ1) is 10.9. The van der Waals surface area contributed by atoms with Crippen LogP contribution in [0.2, 0.25) is 0 Å². The van der Waals surface area contributed by atoms with Gasteiger partial charge in [-0.05, 0) is 50.3 Å². The fourth-order valence-corrected chi connectivity index (χ4v) is 3.55. The first-order valence-electron chi connectivity index (χ1n) is 7.45. The maximum absolute atomic E-state index is 11.6. The molecule has 0 unspecified atom stereocenters. The minimum absolute atomic E-state index is 0.441. The van der Waals surface area contributed by atoms with Crippen LogP contribution in [0, 0.1) is 27.7 Å². The topological polar surface area (TPSA) is 72.4 Å². The molecule has 6 heteroatoms. The van der Waals surface area contributed by atoms with Crippen molar-refractivity contribution < 1.29 is 4.79 Å². The van der Waals surface area contributed by atoms with Crippen LogP contribution in [-0.2, 0) is 6.54 Å². The predicted molar refractivity (Wildman–Crippen MR) is 94.3 cm³/mol. The summed E-state index contributed by atoms with van der Waals surface area (Å²) in [4.78, 5) is 17.5. The van der Waals surface area contributed by atoms with Crippen LogP contribution in [0.5, 0.6) is 0 Å². The van der Waals surface area contributed by atoms with Crippen molar-refractivity contribution >= 4 is 28.6 Å². The lowest BCUT2D eigenvalue weighted by molar-refractivity contribution is 0.1000. The molecule has 0 bridgehead atoms. The molecule has 0 atom stereocenters. The minimum atomic E-state index is -0.441. The van der Waals surface area contributed by atoms with Crippen molar-refractivity contribution in [3.63, 3.8) is 0 Å². The Morgan fingerprint density at radius 1 is 1.35 bits per heavy atom. The summed E-state index contributed by atoms with van der Waals surface area (Å²) in [5.74, 6) is -0.441. The molecule has 0 aliphatic heterocycles. The Bertz CT molecular complexity index is 888. The van der Waals surface area contributed by atoms with Crippen LogP contribution in [0.25, 0.3) is 5.65 Å². The largest absolute Gasteiger partial charge is 0.378 e. The number of amides is 1. The predicted octanol–water partition coefficient (Wildman–Crippen LogP) is 3.34. The first-order valence-corrected chi connectivity index (χ1v) is 8.33. The van der Waals surface area contributed by atoms with E-state index in [1.54, 1.807) is 23.6 Å². The second kappa shape index (κ2) is 5.70. The molecule has 3 heterocycles. The van der Waals surface area contributed by atoms with Gasteiger partial charge >= 0.3 is 0 Å². The lowest BCUT2D eigenvalue weighted by Crippen LogP contribution is -2.13. The SMILES string of the molecule is Cc1csc(C)c1CNc1cc(C(N)=O)cn2c(C)c(C)nc12. The quantitative estimate of drug-likeness (QED) is 0.771. The van der Waals surface area contributed by atoms with E-state index in [1.165, 1.54) is 16.0 Å². The Hall–Kier alpha value is -2.34. The van der Waals surface area contributed by atoms with Gasteiger partial charge in [0.15, 0.2) is 5.65 Å². The molecule has 1 amide bonds. The van der Waals surface area contributed by atoms with E-state index >= 15 is 0 Å². The normalized spacial score (nSPS) is 11.1. The Morgan fingerprint density at radius 3 is 2.70 bits per heavy atom. The number of carbonyl (C=O) groups excluding carboxylic acids is 1. The van der Waals surface area contributed by atoms with E-state index in [2.05, 4.69) is 29.5 Å². The van der Waals surface area contributed by atoms with Crippen molar-refractivity contribution in [2.45, 2.75) is 34.2 Å². The van der Waals surface area contributed by atoms with Crippen LogP contribution in [0.1, 0.15) is 37.7 Å². The van der Waals surface area contributed by atoms with E-state index in [-0.39, 0.29) is 0 Å². The van der Waals surface area contributed by atoms with Crippen LogP contribution in [-0.4, -0.2) is 15.3 Å². The third-order valence-electron chi connectivity index (χ3n) is 4.25. The number of imidazole rings is 1. The number of primary amides is 1. The van der Waals surface area contributed by atoms with Gasteiger partial charge in [-0.15, -0.1) is 11.3 Å². The van der Waals surface area contributed by atoms with Gasteiger partial charge in [0.1, 0.15) is 0 Å². The number of hydrogen-bond donors (Lipinski definition) is 2. The number of hydrogen-bond acceptors (Lipinski definition) is 4. The number of nitrogens with one attached hydrogen (secondary N) is 1. The zero-order valence-corrected chi connectivity index (χ0v) is 14.5. The number of rotatable bonds is 4. The Morgan fingerprint density at radius 2 is 2.09 bits per heavy atom. The van der Waals surface area contributed by atoms with Crippen molar-refractivity contribution in [1.82, 2.24) is 9.38 Å². The fourth-order valence-electron chi connectivity index (χ4n) is 2.68. The Balaban J connectivity index is 2.05. The van der Waals surface area contributed by atoms with Gasteiger partial charge in [0, 0.05) is 23.3 Å². The summed E-state index contributed by atoms with van der Waals surface area (Å²) in [5.41, 5.74) is 12.1. The van der Waals surface area contributed by atoms with Crippen molar-refractivity contribution in [3.05, 3.63) is 50.6 Å². The lowest BCUT2D eigenvalue weighted by Gasteiger charge is -2.11. The number of anilines is 1. The van der Waals surface area contributed by atoms with Gasteiger partial charge < -0.3 is 15.5 Å². The van der Waals surface area contributed by atoms with Gasteiger partial charge in [0.25, 0.3) is 0 Å². The molecule has 23 heavy (non-hydrogen) atoms. The molecule has 0 aromatic carbocycles. The average Bonchev–Trinajstić information content (AvgIpc) is 2.98. The van der Waals surface area contributed by atoms with Gasteiger partial charge in [-0.3, -0.25) is 4.79 Å². The third-order valence-corrected chi connectivity index (χ3v) is 5.32. The molecule has 0 saturated carbocycles. The van der Waals surface area contributed by atoms with Gasteiger partial charge in [-0.25, -0.2) is 4.98 Å². The standard InChI is InChI=1S/C17H20N4OS/c1-9-8-23-12(4)14(9)6-19-15-5-13(16(18)22)7-21-11(3)10(2)20-17(15)21/h5,7-8,19H,6H2,1-4H3,(H2,18,22). The van der Waals surface area contributed by atoms with E-state index in [9.17, 15) is 4.79 Å². The number of nitrogens with zero attached hydrogens (tertiary/aromatic N) is 2. The molecule has 3 N–H and O–H groups in total. The highest BCUT2D eigenvalue weighted by atomic mass is 32.1. The molecular weight excluding hydrogens is 308 g/mol. The Kier molecular flexibility index (Phi) is 3.85. The number of pyridine rings is 1. The highest BCUT2D eigenvalue weighted by Crippen LogP contribution is 2.25. The second-order valence-corrected chi connectivity index (χ2v) is 6.87. The van der Waals surface area contributed by atoms with Crippen molar-refractivity contribution in [2.24, 2.45) is 5.73 Å². The fraction of sp³-hybridized carbons (Fsp3) is 0.294. The minimum Gasteiger partial charge on any atom is -0.378 e. The number of aromatic nitrogens is 2. The molecule has 120 valence electrons. The highest BCUT2D eigenvalue weighted by Gasteiger charge is 2.14. The number of fused-ring (bicyclic) bond motifs is 1. The van der Waals surface area contributed by atoms with Crippen LogP contribution >= 0.6 is 11.3 Å². The van der Waals surface area contributed by atoms with E-state index < -0.39 is 5.91 Å². The smallest absolute Gasteiger partial charge is 0.250 e. The maximum atomic E-state index is 11.6. The molecule has 3 rings (SSSR count). The molecule has 0 fully saturated rings. The van der Waals surface area contributed by atoms with E-state index in [4.69, 9.17) is 5.73 Å². The molecule has 3 aromatic rings. The van der Waals surface area contributed by atoms with E-state index in [0.717, 1.165) is 22.7 Å². The van der Waals surface area contributed by atoms with Crippen LogP contribution in [0.15, 0.2) is 17.6 Å². The van der Waals surface area contributed by atoms with Crippen LogP contribution < -0.4 is 11.1 Å². The van der Waals surface area contributed by atoms with Gasteiger partial charge in [0.05, 0.1) is 16.9 Å². The van der Waals surface area contributed by atoms with Crippen LogP contribution in [0.3, 0.4) is 0 Å². The summed E-state index contributed by atoms with van der Waals surface area (Å²) in [7, 11) is 0. The number of nitrogens with two attached hydrogens (primary N) is 1. The number of thiophene rings is 1. The maximum Gasteiger partial charge on any atom is 0.250 e. The summed E-state index contributed by atoms with van der Waals surface area (Å²) in [6.45, 7) is 8.87. The molecule has 3 aromatic heterocycles. The van der Waals surface area contributed by atoms with Gasteiger partial charge in [-0.2, -0.15) is 0 Å². The molecule has 0 spiro atoms. The molecule has 5 nitrogen and oxygen atoms in total. The van der Waals surface area contributed by atoms with Crippen LogP contribution in [0.4, 0.5) is 5.69 Å². The van der Waals surface area contributed by atoms with Gasteiger partial charge in [-0.1, -0.05) is 0 Å². The Labute approximate surface area is 139 Å². The summed E-state index contributed by atoms with van der Waals surface area (Å²) in [6, 6.07) is 1.78. The van der Waals surface area contributed by atoms with Crippen molar-refractivity contribution in [2.75, 3.05) is 5.32 Å². The van der Waals surface area contributed by atoms with E-state index in [0.29, 0.717) is 12.1 Å². The van der Waals surface area contributed by atoms with Crippen molar-refractivity contribution in [1.29, 1.82) is 0 Å². The number of aryl methyl sites for hydroxylation is 4. The molecule has 0 aliphatic rings. The second-order valence-electron chi connectivity index (χ2n) is 5.79. The summed E-state index contributed by atoms with van der Waals surface area (Å²) >= 11 is 1.75. The highest BCUT2D eigenvalue weighted by molar-refractivity contribution is 7.10. The molecular formula is C17H20N4OS. The summed E-state index contributed by atoms with van der Waals surface area (Å²) in [6.07, 6.45) is 1.75. The zero-order chi connectivity index (χ0) is 16.7. The van der Waals surface area contributed by atoms with E-state index in [1.807, 2.05) is 18.2 Å². The van der Waals surface area contributed by atoms with Gasteiger partial charge in [0.2, 0.25) is 5.91 Å². The van der Waals surface area contributed by atoms with Crippen molar-refractivity contribution in [3.8, 4) is 0 Å². The first kappa shape index (κ1) is 15.6.